The van der Waals surface area contributed by atoms with E-state index in [9.17, 15) is 19.5 Å². The number of aliphatic carboxylic acids is 1. The third kappa shape index (κ3) is 31.7. The molecule has 0 aromatic carbocycles. The summed E-state index contributed by atoms with van der Waals surface area (Å²) in [5.41, 5.74) is 5.46. The summed E-state index contributed by atoms with van der Waals surface area (Å²) in [6, 6.07) is -0.863. The summed E-state index contributed by atoms with van der Waals surface area (Å²) in [7, 11) is 0. The van der Waals surface area contributed by atoms with Crippen LogP contribution in [0.2, 0.25) is 0 Å². The van der Waals surface area contributed by atoms with Gasteiger partial charge in [0.25, 0.3) is 0 Å². The molecule has 1 amide bonds. The maximum Gasteiger partial charge on any atom is 0.326 e. The molecule has 0 fully saturated rings. The van der Waals surface area contributed by atoms with E-state index < -0.39 is 12.0 Å². The second-order valence-corrected chi connectivity index (χ2v) is 12.6. The van der Waals surface area contributed by atoms with Crippen LogP contribution in [0.4, 0.5) is 0 Å². The molecule has 0 saturated carbocycles. The lowest BCUT2D eigenvalue weighted by molar-refractivity contribution is -0.148. The molecule has 0 saturated heterocycles. The van der Waals surface area contributed by atoms with Crippen molar-refractivity contribution in [2.75, 3.05) is 6.54 Å². The number of amides is 1. The Hall–Kier alpha value is -2.93. The number of esters is 1. The van der Waals surface area contributed by atoms with Gasteiger partial charge in [0, 0.05) is 6.42 Å². The van der Waals surface area contributed by atoms with E-state index in [1.165, 1.54) is 38.5 Å². The van der Waals surface area contributed by atoms with Crippen molar-refractivity contribution in [1.82, 2.24) is 5.32 Å². The molecule has 0 radical (unpaired) electrons. The number of nitrogens with one attached hydrogen (secondary N) is 1. The molecule has 274 valence electrons. The molecule has 2 atom stereocenters. The first-order valence-corrected chi connectivity index (χ1v) is 19.1. The molecule has 2 unspecified atom stereocenters. The van der Waals surface area contributed by atoms with Gasteiger partial charge in [-0.15, -0.1) is 0 Å². The van der Waals surface area contributed by atoms with Crippen molar-refractivity contribution in [3.05, 3.63) is 60.8 Å². The number of allylic oxidation sites excluding steroid dienone is 9. The second-order valence-electron chi connectivity index (χ2n) is 12.6. The van der Waals surface area contributed by atoms with Crippen LogP contribution >= 0.6 is 0 Å². The third-order valence-corrected chi connectivity index (χ3v) is 8.13. The minimum absolute atomic E-state index is 0.0388. The van der Waals surface area contributed by atoms with E-state index in [4.69, 9.17) is 10.5 Å². The standard InChI is InChI=1S/C41H70N2O5/c1-3-5-7-9-11-12-13-14-15-16-17-18-20-25-29-35-40(45)48-37(31-26-22-19-10-8-6-4-2)32-27-23-21-24-28-34-39(44)43-38(41(46)47)33-30-36-42/h5,7,11-12,14-15,17-18,25,29,37-38H,3-4,6,8-10,13,16,19-24,26-28,30-36,42H2,1-2H3,(H,43,44)(H,46,47)/b7-5-,12-11-,15-14-,18-17-,29-25-. The minimum atomic E-state index is -1.01. The van der Waals surface area contributed by atoms with Crippen LogP contribution in [0.1, 0.15) is 162 Å². The molecule has 0 aliphatic rings. The highest BCUT2D eigenvalue weighted by atomic mass is 16.5. The number of hydrogen-bond donors (Lipinski definition) is 3. The van der Waals surface area contributed by atoms with Crippen molar-refractivity contribution < 1.29 is 24.2 Å². The van der Waals surface area contributed by atoms with Gasteiger partial charge < -0.3 is 20.9 Å². The zero-order valence-electron chi connectivity index (χ0n) is 30.6. The fraction of sp³-hybridized carbons (Fsp3) is 0.683. The summed E-state index contributed by atoms with van der Waals surface area (Å²) in [6.45, 7) is 4.78. The van der Waals surface area contributed by atoms with Crippen molar-refractivity contribution in [2.45, 2.75) is 174 Å². The van der Waals surface area contributed by atoms with Crippen LogP contribution in [-0.4, -0.2) is 41.6 Å². The maximum atomic E-state index is 12.6. The molecule has 0 aromatic rings. The van der Waals surface area contributed by atoms with Crippen LogP contribution in [0.5, 0.6) is 0 Å². The number of carbonyl (C=O) groups is 3. The van der Waals surface area contributed by atoms with E-state index in [2.05, 4.69) is 67.8 Å². The fourth-order valence-electron chi connectivity index (χ4n) is 5.29. The molecular formula is C41H70N2O5. The molecule has 0 spiro atoms. The van der Waals surface area contributed by atoms with Gasteiger partial charge in [-0.25, -0.2) is 4.79 Å². The normalized spacial score (nSPS) is 13.4. The monoisotopic (exact) mass is 671 g/mol. The highest BCUT2D eigenvalue weighted by Crippen LogP contribution is 2.18. The van der Waals surface area contributed by atoms with Gasteiger partial charge in [0.2, 0.25) is 5.91 Å². The van der Waals surface area contributed by atoms with Gasteiger partial charge in [0.1, 0.15) is 12.1 Å². The number of hydrogen-bond acceptors (Lipinski definition) is 5. The highest BCUT2D eigenvalue weighted by Gasteiger charge is 2.19. The first-order chi connectivity index (χ1) is 23.4. The van der Waals surface area contributed by atoms with Crippen molar-refractivity contribution >= 4 is 17.8 Å². The molecule has 0 aliphatic carbocycles. The van der Waals surface area contributed by atoms with Crippen LogP contribution in [0.3, 0.4) is 0 Å². The van der Waals surface area contributed by atoms with Crippen molar-refractivity contribution in [1.29, 1.82) is 0 Å². The van der Waals surface area contributed by atoms with E-state index >= 15 is 0 Å². The van der Waals surface area contributed by atoms with Gasteiger partial charge in [0.15, 0.2) is 0 Å². The molecule has 7 nitrogen and oxygen atoms in total. The molecule has 0 bridgehead atoms. The number of unbranched alkanes of at least 4 members (excludes halogenated alkanes) is 10. The molecule has 0 aliphatic heterocycles. The van der Waals surface area contributed by atoms with E-state index in [-0.39, 0.29) is 18.0 Å². The summed E-state index contributed by atoms with van der Waals surface area (Å²) in [6.07, 6.45) is 42.8. The Morgan fingerprint density at radius 1 is 0.625 bits per heavy atom. The fourth-order valence-corrected chi connectivity index (χ4v) is 5.29. The molecular weight excluding hydrogens is 600 g/mol. The highest BCUT2D eigenvalue weighted by molar-refractivity contribution is 5.83. The molecule has 0 rings (SSSR count). The number of carboxylic acids is 1. The number of rotatable bonds is 33. The van der Waals surface area contributed by atoms with Gasteiger partial charge in [-0.2, -0.15) is 0 Å². The predicted molar refractivity (Wildman–Crippen MR) is 202 cm³/mol. The van der Waals surface area contributed by atoms with Crippen molar-refractivity contribution in [3.63, 3.8) is 0 Å². The SMILES string of the molecule is CC/C=C\C/C=C\C/C=C\C/C=C\C/C=C\CC(=O)OC(CCCCCCCCC)CCCCCCCC(=O)NC(CCCN)C(=O)O. The lowest BCUT2D eigenvalue weighted by atomic mass is 10.0. The Morgan fingerprint density at radius 3 is 1.60 bits per heavy atom. The van der Waals surface area contributed by atoms with E-state index in [0.29, 0.717) is 32.2 Å². The van der Waals surface area contributed by atoms with E-state index in [1.54, 1.807) is 0 Å². The van der Waals surface area contributed by atoms with Crippen LogP contribution in [-0.2, 0) is 19.1 Å². The predicted octanol–water partition coefficient (Wildman–Crippen LogP) is 10.2. The second kappa shape index (κ2) is 35.4. The number of carbonyl (C=O) groups excluding carboxylic acids is 2. The Kier molecular flexibility index (Phi) is 33.2. The summed E-state index contributed by atoms with van der Waals surface area (Å²) in [5, 5.41) is 11.9. The summed E-state index contributed by atoms with van der Waals surface area (Å²) in [4.78, 5) is 36.1. The van der Waals surface area contributed by atoms with Crippen molar-refractivity contribution in [3.8, 4) is 0 Å². The number of ether oxygens (including phenoxy) is 1. The van der Waals surface area contributed by atoms with Crippen LogP contribution in [0.25, 0.3) is 0 Å². The Morgan fingerprint density at radius 2 is 1.10 bits per heavy atom. The molecule has 0 heterocycles. The third-order valence-electron chi connectivity index (χ3n) is 8.13. The summed E-state index contributed by atoms with van der Waals surface area (Å²) < 4.78 is 5.92. The largest absolute Gasteiger partial charge is 0.480 e. The quantitative estimate of drug-likeness (QED) is 0.0363. The average Bonchev–Trinajstić information content (AvgIpc) is 3.07. The van der Waals surface area contributed by atoms with Gasteiger partial charge in [-0.05, 0) is 83.6 Å². The Bertz CT molecular complexity index is 937. The molecule has 7 heteroatoms. The van der Waals surface area contributed by atoms with Gasteiger partial charge in [0.05, 0.1) is 6.42 Å². The maximum absolute atomic E-state index is 12.6. The lowest BCUT2D eigenvalue weighted by Crippen LogP contribution is -2.40. The van der Waals surface area contributed by atoms with Crippen LogP contribution < -0.4 is 11.1 Å². The average molecular weight is 671 g/mol. The molecule has 4 N–H and O–H groups in total. The van der Waals surface area contributed by atoms with E-state index in [1.807, 2.05) is 12.2 Å². The number of carboxylic acid groups (broad SMARTS) is 1. The number of nitrogens with two attached hydrogens (primary N) is 1. The Labute approximate surface area is 293 Å². The summed E-state index contributed by atoms with van der Waals surface area (Å²) in [5.74, 6) is -1.38. The topological polar surface area (TPSA) is 119 Å². The molecule has 0 aromatic heterocycles. The zero-order valence-corrected chi connectivity index (χ0v) is 30.6. The Balaban J connectivity index is 4.39. The lowest BCUT2D eigenvalue weighted by Gasteiger charge is -2.18. The first-order valence-electron chi connectivity index (χ1n) is 19.1. The van der Waals surface area contributed by atoms with Crippen LogP contribution in [0.15, 0.2) is 60.8 Å². The first kappa shape index (κ1) is 45.1. The van der Waals surface area contributed by atoms with E-state index in [0.717, 1.165) is 83.5 Å². The molecule has 48 heavy (non-hydrogen) atoms. The van der Waals surface area contributed by atoms with Crippen molar-refractivity contribution in [2.24, 2.45) is 5.73 Å². The summed E-state index contributed by atoms with van der Waals surface area (Å²) >= 11 is 0. The van der Waals surface area contributed by atoms with Crippen LogP contribution in [0, 0.1) is 0 Å². The zero-order chi connectivity index (χ0) is 35.3. The van der Waals surface area contributed by atoms with Gasteiger partial charge in [-0.3, -0.25) is 9.59 Å². The van der Waals surface area contributed by atoms with Gasteiger partial charge in [-0.1, -0.05) is 132 Å². The van der Waals surface area contributed by atoms with Gasteiger partial charge >= 0.3 is 11.9 Å². The smallest absolute Gasteiger partial charge is 0.326 e. The minimum Gasteiger partial charge on any atom is -0.480 e.